The van der Waals surface area contributed by atoms with Crippen molar-refractivity contribution in [2.75, 3.05) is 5.75 Å². The van der Waals surface area contributed by atoms with E-state index in [1.807, 2.05) is 17.7 Å². The number of thioether (sulfide) groups is 1. The number of amides is 1. The van der Waals surface area contributed by atoms with Gasteiger partial charge in [-0.25, -0.2) is 4.98 Å². The molecule has 1 aromatic carbocycles. The van der Waals surface area contributed by atoms with Gasteiger partial charge in [-0.05, 0) is 50.5 Å². The zero-order valence-electron chi connectivity index (χ0n) is 13.6. The first-order valence-corrected chi connectivity index (χ1v) is 8.53. The molecule has 0 saturated heterocycles. The van der Waals surface area contributed by atoms with Crippen LogP contribution in [0.4, 0.5) is 0 Å². The number of carbonyl (C=O) groups excluding carboxylic acids is 1. The number of rotatable bonds is 6. The molecule has 0 aliphatic carbocycles. The molecule has 2 aromatic rings. The molecule has 0 radical (unpaired) electrons. The Bertz CT molecular complexity index is 651. The molecule has 1 aromatic heterocycles. The lowest BCUT2D eigenvalue weighted by molar-refractivity contribution is -0.119. The van der Waals surface area contributed by atoms with Gasteiger partial charge in [0.1, 0.15) is 0 Å². The van der Waals surface area contributed by atoms with Crippen LogP contribution in [0.3, 0.4) is 0 Å². The highest BCUT2D eigenvalue weighted by Gasteiger charge is 2.10. The van der Waals surface area contributed by atoms with Crippen LogP contribution in [-0.2, 0) is 4.79 Å². The molecule has 118 valence electrons. The van der Waals surface area contributed by atoms with Crippen LogP contribution in [0.25, 0.3) is 5.69 Å². The first kappa shape index (κ1) is 16.6. The summed E-state index contributed by atoms with van der Waals surface area (Å²) in [6.07, 6.45) is 4.64. The van der Waals surface area contributed by atoms with Gasteiger partial charge in [-0.15, -0.1) is 0 Å². The predicted molar refractivity (Wildman–Crippen MR) is 91.7 cm³/mol. The molecule has 1 amide bonds. The summed E-state index contributed by atoms with van der Waals surface area (Å²) >= 11 is 1.46. The summed E-state index contributed by atoms with van der Waals surface area (Å²) < 4.78 is 2.02. The second-order valence-corrected chi connectivity index (χ2v) is 6.46. The van der Waals surface area contributed by atoms with Crippen molar-refractivity contribution in [1.29, 1.82) is 0 Å². The fourth-order valence-electron chi connectivity index (χ4n) is 2.02. The molecule has 0 spiro atoms. The van der Waals surface area contributed by atoms with E-state index < -0.39 is 0 Å². The Morgan fingerprint density at radius 1 is 1.36 bits per heavy atom. The van der Waals surface area contributed by atoms with Crippen molar-refractivity contribution < 1.29 is 4.79 Å². The van der Waals surface area contributed by atoms with E-state index in [4.69, 9.17) is 0 Å². The number of carbonyl (C=O) groups is 1. The smallest absolute Gasteiger partial charge is 0.230 e. The van der Waals surface area contributed by atoms with Gasteiger partial charge in [-0.2, -0.15) is 0 Å². The SMILES string of the molecule is CCC(C)NC(=O)CSc1nccn1-c1ccc(C)c(C)c1. The summed E-state index contributed by atoms with van der Waals surface area (Å²) in [6.45, 7) is 8.27. The molecule has 2 rings (SSSR count). The van der Waals surface area contributed by atoms with Crippen LogP contribution in [0.15, 0.2) is 35.7 Å². The Labute approximate surface area is 136 Å². The van der Waals surface area contributed by atoms with Gasteiger partial charge < -0.3 is 5.32 Å². The maximum absolute atomic E-state index is 11.9. The lowest BCUT2D eigenvalue weighted by atomic mass is 10.1. The molecular weight excluding hydrogens is 294 g/mol. The fourth-order valence-corrected chi connectivity index (χ4v) is 2.80. The van der Waals surface area contributed by atoms with Gasteiger partial charge in [0.05, 0.1) is 5.75 Å². The van der Waals surface area contributed by atoms with Crippen molar-refractivity contribution in [2.24, 2.45) is 0 Å². The molecule has 5 heteroatoms. The first-order valence-electron chi connectivity index (χ1n) is 7.54. The second-order valence-electron chi connectivity index (χ2n) is 5.51. The number of aryl methyl sites for hydroxylation is 2. The number of benzene rings is 1. The van der Waals surface area contributed by atoms with Crippen LogP contribution in [-0.4, -0.2) is 27.3 Å². The third kappa shape index (κ3) is 4.13. The number of hydrogen-bond acceptors (Lipinski definition) is 3. The lowest BCUT2D eigenvalue weighted by Crippen LogP contribution is -2.33. The van der Waals surface area contributed by atoms with Crippen LogP contribution >= 0.6 is 11.8 Å². The lowest BCUT2D eigenvalue weighted by Gasteiger charge is -2.12. The summed E-state index contributed by atoms with van der Waals surface area (Å²) in [5, 5.41) is 3.81. The van der Waals surface area contributed by atoms with E-state index in [2.05, 4.69) is 49.3 Å². The normalized spacial score (nSPS) is 12.2. The third-order valence-corrected chi connectivity index (χ3v) is 4.69. The first-order chi connectivity index (χ1) is 10.5. The summed E-state index contributed by atoms with van der Waals surface area (Å²) in [6, 6.07) is 6.54. The monoisotopic (exact) mass is 317 g/mol. The molecule has 0 bridgehead atoms. The van der Waals surface area contributed by atoms with E-state index in [0.29, 0.717) is 5.75 Å². The van der Waals surface area contributed by atoms with Gasteiger partial charge >= 0.3 is 0 Å². The van der Waals surface area contributed by atoms with E-state index >= 15 is 0 Å². The Morgan fingerprint density at radius 2 is 2.14 bits per heavy atom. The molecule has 0 aliphatic heterocycles. The van der Waals surface area contributed by atoms with E-state index in [9.17, 15) is 4.79 Å². The van der Waals surface area contributed by atoms with Crippen molar-refractivity contribution in [2.45, 2.75) is 45.3 Å². The predicted octanol–water partition coefficient (Wildman–Crippen LogP) is 3.50. The number of nitrogens with zero attached hydrogens (tertiary/aromatic N) is 2. The van der Waals surface area contributed by atoms with Crippen molar-refractivity contribution in [3.63, 3.8) is 0 Å². The molecule has 1 N–H and O–H groups in total. The van der Waals surface area contributed by atoms with Crippen LogP contribution in [0.1, 0.15) is 31.4 Å². The van der Waals surface area contributed by atoms with Crippen LogP contribution in [0.2, 0.25) is 0 Å². The van der Waals surface area contributed by atoms with E-state index in [1.54, 1.807) is 6.20 Å². The highest BCUT2D eigenvalue weighted by Crippen LogP contribution is 2.22. The summed E-state index contributed by atoms with van der Waals surface area (Å²) in [5.74, 6) is 0.431. The molecule has 0 fully saturated rings. The Kier molecular flexibility index (Phi) is 5.66. The van der Waals surface area contributed by atoms with E-state index in [-0.39, 0.29) is 11.9 Å². The van der Waals surface area contributed by atoms with E-state index in [0.717, 1.165) is 17.3 Å². The van der Waals surface area contributed by atoms with Crippen molar-refractivity contribution in [3.05, 3.63) is 41.7 Å². The summed E-state index contributed by atoms with van der Waals surface area (Å²) in [5.41, 5.74) is 3.59. The molecule has 0 aliphatic rings. The number of hydrogen-bond donors (Lipinski definition) is 1. The third-order valence-electron chi connectivity index (χ3n) is 3.73. The van der Waals surface area contributed by atoms with E-state index in [1.165, 1.54) is 22.9 Å². The topological polar surface area (TPSA) is 46.9 Å². The fraction of sp³-hybridized carbons (Fsp3) is 0.412. The van der Waals surface area contributed by atoms with Crippen molar-refractivity contribution >= 4 is 17.7 Å². The Balaban J connectivity index is 2.06. The Hall–Kier alpha value is -1.75. The zero-order valence-corrected chi connectivity index (χ0v) is 14.4. The average molecular weight is 317 g/mol. The number of aromatic nitrogens is 2. The molecule has 1 unspecified atom stereocenters. The quantitative estimate of drug-likeness (QED) is 0.830. The minimum atomic E-state index is 0.0500. The molecule has 1 heterocycles. The largest absolute Gasteiger partial charge is 0.353 e. The van der Waals surface area contributed by atoms with Crippen LogP contribution in [0, 0.1) is 13.8 Å². The highest BCUT2D eigenvalue weighted by atomic mass is 32.2. The van der Waals surface area contributed by atoms with Gasteiger partial charge in [-0.3, -0.25) is 9.36 Å². The molecule has 22 heavy (non-hydrogen) atoms. The minimum Gasteiger partial charge on any atom is -0.353 e. The van der Waals surface area contributed by atoms with Gasteiger partial charge in [0.15, 0.2) is 5.16 Å². The van der Waals surface area contributed by atoms with Gasteiger partial charge in [-0.1, -0.05) is 24.8 Å². The van der Waals surface area contributed by atoms with Crippen LogP contribution < -0.4 is 5.32 Å². The number of imidazole rings is 1. The maximum Gasteiger partial charge on any atom is 0.230 e. The zero-order chi connectivity index (χ0) is 16.1. The molecule has 1 atom stereocenters. The van der Waals surface area contributed by atoms with Gasteiger partial charge in [0.2, 0.25) is 5.91 Å². The maximum atomic E-state index is 11.9. The van der Waals surface area contributed by atoms with Gasteiger partial charge in [0, 0.05) is 24.1 Å². The molecule has 0 saturated carbocycles. The number of nitrogens with one attached hydrogen (secondary N) is 1. The molecular formula is C17H23N3OS. The standard InChI is InChI=1S/C17H23N3OS/c1-5-14(4)19-16(21)11-22-17-18-8-9-20(17)15-7-6-12(2)13(3)10-15/h6-10,14H,5,11H2,1-4H3,(H,19,21). The van der Waals surface area contributed by atoms with Crippen LogP contribution in [0.5, 0.6) is 0 Å². The average Bonchev–Trinajstić information content (AvgIpc) is 2.96. The minimum absolute atomic E-state index is 0.0500. The van der Waals surface area contributed by atoms with Crippen molar-refractivity contribution in [1.82, 2.24) is 14.9 Å². The second kappa shape index (κ2) is 7.49. The summed E-state index contributed by atoms with van der Waals surface area (Å²) in [4.78, 5) is 16.2. The summed E-state index contributed by atoms with van der Waals surface area (Å²) in [7, 11) is 0. The molecule has 4 nitrogen and oxygen atoms in total. The Morgan fingerprint density at radius 3 is 2.82 bits per heavy atom. The van der Waals surface area contributed by atoms with Gasteiger partial charge in [0.25, 0.3) is 0 Å². The highest BCUT2D eigenvalue weighted by molar-refractivity contribution is 7.99. The van der Waals surface area contributed by atoms with Crippen molar-refractivity contribution in [3.8, 4) is 5.69 Å².